The van der Waals surface area contributed by atoms with E-state index in [1.807, 2.05) is 19.1 Å². The summed E-state index contributed by atoms with van der Waals surface area (Å²) in [5.74, 6) is 0.509. The summed E-state index contributed by atoms with van der Waals surface area (Å²) in [6.45, 7) is 3.51. The smallest absolute Gasteiger partial charge is 0.416 e. The lowest BCUT2D eigenvalue weighted by molar-refractivity contribution is -0.138. The maximum atomic E-state index is 13.3. The van der Waals surface area contributed by atoms with Crippen molar-refractivity contribution in [2.24, 2.45) is 0 Å². The van der Waals surface area contributed by atoms with Gasteiger partial charge in [0.15, 0.2) is 0 Å². The molecule has 1 aliphatic rings. The number of halogens is 3. The first-order valence-electron chi connectivity index (χ1n) is 9.30. The van der Waals surface area contributed by atoms with Crippen LogP contribution in [-0.2, 0) is 23.9 Å². The molecule has 1 unspecified atom stereocenters. The van der Waals surface area contributed by atoms with Crippen molar-refractivity contribution in [1.29, 1.82) is 0 Å². The largest absolute Gasteiger partial charge is 0.489 e. The maximum absolute atomic E-state index is 13.3. The van der Waals surface area contributed by atoms with Gasteiger partial charge in [-0.05, 0) is 42.3 Å². The van der Waals surface area contributed by atoms with Crippen LogP contribution in [-0.4, -0.2) is 37.5 Å². The number of rotatable bonds is 6. The molecule has 2 aromatic rings. The van der Waals surface area contributed by atoms with Gasteiger partial charge >= 0.3 is 6.18 Å². The Morgan fingerprint density at radius 2 is 1.93 bits per heavy atom. The molecule has 1 fully saturated rings. The number of ether oxygens (including phenoxy) is 2. The van der Waals surface area contributed by atoms with Gasteiger partial charge in [-0.25, -0.2) is 0 Å². The number of benzene rings is 2. The van der Waals surface area contributed by atoms with Gasteiger partial charge in [0, 0.05) is 24.3 Å². The van der Waals surface area contributed by atoms with Crippen LogP contribution < -0.4 is 9.64 Å². The Labute approximate surface area is 162 Å². The van der Waals surface area contributed by atoms with E-state index in [1.54, 1.807) is 18.2 Å². The third kappa shape index (κ3) is 4.77. The van der Waals surface area contributed by atoms with Crippen LogP contribution >= 0.6 is 0 Å². The predicted molar refractivity (Wildman–Crippen MR) is 101 cm³/mol. The lowest BCUT2D eigenvalue weighted by Crippen LogP contribution is -2.44. The zero-order valence-corrected chi connectivity index (χ0v) is 15.7. The van der Waals surface area contributed by atoms with Crippen molar-refractivity contribution in [3.8, 4) is 5.75 Å². The van der Waals surface area contributed by atoms with Gasteiger partial charge in [0.05, 0.1) is 24.9 Å². The number of nitrogens with zero attached hydrogens (tertiary/aromatic N) is 1. The maximum Gasteiger partial charge on any atom is 0.416 e. The summed E-state index contributed by atoms with van der Waals surface area (Å²) in [4.78, 5) is 2.10. The highest BCUT2D eigenvalue weighted by molar-refractivity contribution is 5.49. The van der Waals surface area contributed by atoms with E-state index in [-0.39, 0.29) is 24.9 Å². The summed E-state index contributed by atoms with van der Waals surface area (Å²) in [7, 11) is 0. The first kappa shape index (κ1) is 20.5. The number of aryl methyl sites for hydroxylation is 1. The predicted octanol–water partition coefficient (Wildman–Crippen LogP) is 4.04. The van der Waals surface area contributed by atoms with Crippen molar-refractivity contribution >= 4 is 5.69 Å². The van der Waals surface area contributed by atoms with Gasteiger partial charge in [-0.3, -0.25) is 0 Å². The SMILES string of the molecule is CCc1cccc(C(F)(F)F)c1COc1ccc(N2CCOC(CO)C2)cc1. The summed E-state index contributed by atoms with van der Waals surface area (Å²) in [6.07, 6.45) is -4.12. The Hall–Kier alpha value is -2.25. The van der Waals surface area contributed by atoms with Gasteiger partial charge in [-0.2, -0.15) is 13.2 Å². The molecule has 3 rings (SSSR count). The van der Waals surface area contributed by atoms with Gasteiger partial charge in [0.25, 0.3) is 0 Å². The second-order valence-electron chi connectivity index (χ2n) is 6.70. The molecule has 7 heteroatoms. The fraction of sp³-hybridized carbons (Fsp3) is 0.429. The molecule has 0 saturated carbocycles. The first-order valence-corrected chi connectivity index (χ1v) is 9.30. The van der Waals surface area contributed by atoms with Crippen LogP contribution in [0.2, 0.25) is 0 Å². The van der Waals surface area contributed by atoms with E-state index < -0.39 is 11.7 Å². The van der Waals surface area contributed by atoms with E-state index >= 15 is 0 Å². The van der Waals surface area contributed by atoms with E-state index in [1.165, 1.54) is 6.07 Å². The Kier molecular flexibility index (Phi) is 6.46. The van der Waals surface area contributed by atoms with Gasteiger partial charge in [0.1, 0.15) is 12.4 Å². The molecule has 2 aromatic carbocycles. The minimum atomic E-state index is -4.41. The molecule has 0 aliphatic carbocycles. The molecule has 1 saturated heterocycles. The van der Waals surface area contributed by atoms with Crippen LogP contribution in [0.5, 0.6) is 5.75 Å². The monoisotopic (exact) mass is 395 g/mol. The molecule has 0 amide bonds. The van der Waals surface area contributed by atoms with Crippen LogP contribution in [0.25, 0.3) is 0 Å². The Morgan fingerprint density at radius 1 is 1.18 bits per heavy atom. The molecule has 0 bridgehead atoms. The lowest BCUT2D eigenvalue weighted by Gasteiger charge is -2.33. The number of hydrogen-bond acceptors (Lipinski definition) is 4. The molecule has 1 heterocycles. The second kappa shape index (κ2) is 8.84. The van der Waals surface area contributed by atoms with E-state index in [2.05, 4.69) is 4.90 Å². The minimum Gasteiger partial charge on any atom is -0.489 e. The summed E-state index contributed by atoms with van der Waals surface area (Å²) < 4.78 is 51.1. The Morgan fingerprint density at radius 3 is 2.57 bits per heavy atom. The van der Waals surface area contributed by atoms with Gasteiger partial charge < -0.3 is 19.5 Å². The summed E-state index contributed by atoms with van der Waals surface area (Å²) in [5, 5.41) is 9.25. The van der Waals surface area contributed by atoms with Gasteiger partial charge in [-0.1, -0.05) is 19.1 Å². The second-order valence-corrected chi connectivity index (χ2v) is 6.70. The highest BCUT2D eigenvalue weighted by Gasteiger charge is 2.34. The molecule has 152 valence electrons. The highest BCUT2D eigenvalue weighted by atomic mass is 19.4. The fourth-order valence-electron chi connectivity index (χ4n) is 3.37. The molecule has 0 aromatic heterocycles. The first-order chi connectivity index (χ1) is 13.4. The van der Waals surface area contributed by atoms with Crippen LogP contribution in [0.4, 0.5) is 18.9 Å². The van der Waals surface area contributed by atoms with Gasteiger partial charge in [-0.15, -0.1) is 0 Å². The fourth-order valence-corrected chi connectivity index (χ4v) is 3.37. The normalized spacial score (nSPS) is 17.6. The number of aliphatic hydroxyl groups excluding tert-OH is 1. The molecule has 1 atom stereocenters. The van der Waals surface area contributed by atoms with E-state index in [9.17, 15) is 18.3 Å². The average Bonchev–Trinajstić information content (AvgIpc) is 2.71. The summed E-state index contributed by atoms with van der Waals surface area (Å²) in [6, 6.07) is 11.5. The number of hydrogen-bond donors (Lipinski definition) is 1. The number of alkyl halides is 3. The standard InChI is InChI=1S/C21H24F3NO3/c1-2-15-4-3-5-20(21(22,23)24)19(15)14-28-17-8-6-16(7-9-17)25-10-11-27-18(12-25)13-26/h3-9,18,26H,2,10-14H2,1H3. The highest BCUT2D eigenvalue weighted by Crippen LogP contribution is 2.34. The van der Waals surface area contributed by atoms with Crippen molar-refractivity contribution < 1.29 is 27.8 Å². The van der Waals surface area contributed by atoms with Crippen molar-refractivity contribution in [1.82, 2.24) is 0 Å². The quantitative estimate of drug-likeness (QED) is 0.802. The van der Waals surface area contributed by atoms with Gasteiger partial charge in [0.2, 0.25) is 0 Å². The molecule has 1 N–H and O–H groups in total. The molecular weight excluding hydrogens is 371 g/mol. The Bertz CT molecular complexity index is 777. The van der Waals surface area contributed by atoms with E-state index in [0.717, 1.165) is 18.3 Å². The van der Waals surface area contributed by atoms with Crippen molar-refractivity contribution in [2.45, 2.75) is 32.2 Å². The molecular formula is C21H24F3NO3. The number of aliphatic hydroxyl groups is 1. The molecule has 1 aliphatic heterocycles. The van der Waals surface area contributed by atoms with Crippen LogP contribution in [0.3, 0.4) is 0 Å². The zero-order chi connectivity index (χ0) is 20.1. The van der Waals surface area contributed by atoms with E-state index in [0.29, 0.717) is 30.9 Å². The van der Waals surface area contributed by atoms with E-state index in [4.69, 9.17) is 9.47 Å². The third-order valence-electron chi connectivity index (χ3n) is 4.89. The van der Waals surface area contributed by atoms with Crippen molar-refractivity contribution in [2.75, 3.05) is 31.2 Å². The number of morpholine rings is 1. The van der Waals surface area contributed by atoms with Crippen molar-refractivity contribution in [3.63, 3.8) is 0 Å². The third-order valence-corrected chi connectivity index (χ3v) is 4.89. The topological polar surface area (TPSA) is 41.9 Å². The summed E-state index contributed by atoms with van der Waals surface area (Å²) in [5.41, 5.74) is 1.13. The average molecular weight is 395 g/mol. The molecule has 28 heavy (non-hydrogen) atoms. The Balaban J connectivity index is 1.71. The molecule has 4 nitrogen and oxygen atoms in total. The molecule has 0 radical (unpaired) electrons. The van der Waals surface area contributed by atoms with Crippen LogP contribution in [0.15, 0.2) is 42.5 Å². The molecule has 0 spiro atoms. The summed E-state index contributed by atoms with van der Waals surface area (Å²) >= 11 is 0. The van der Waals surface area contributed by atoms with Crippen molar-refractivity contribution in [3.05, 3.63) is 59.2 Å². The van der Waals surface area contributed by atoms with Crippen LogP contribution in [0, 0.1) is 0 Å². The minimum absolute atomic E-state index is 0.0317. The number of anilines is 1. The lowest BCUT2D eigenvalue weighted by atomic mass is 9.99. The van der Waals surface area contributed by atoms with Crippen LogP contribution in [0.1, 0.15) is 23.6 Å². The zero-order valence-electron chi connectivity index (χ0n) is 15.7.